The average molecular weight is 397 g/mol. The van der Waals surface area contributed by atoms with E-state index in [1.54, 1.807) is 17.0 Å². The highest BCUT2D eigenvalue weighted by Gasteiger charge is 2.35. The number of carbonyl (C=O) groups excluding carboxylic acids is 2. The van der Waals surface area contributed by atoms with Crippen LogP contribution >= 0.6 is 0 Å². The number of aliphatic hydroxyl groups is 1. The summed E-state index contributed by atoms with van der Waals surface area (Å²) in [4.78, 5) is 29.7. The van der Waals surface area contributed by atoms with Gasteiger partial charge >= 0.3 is 0 Å². The molecule has 0 bridgehead atoms. The first-order chi connectivity index (χ1) is 13.8. The standard InChI is InChI=1S/C22H27N3O4/c1-15-4-5-19(12-16(15)2)29-14-22(28)7-10-25(11-8-22)21(27)18-6-9-23-20(13-18)24-17(3)26/h4-6,9,12-13,28H,7-8,10-11,14H2,1-3H3,(H,23,24,26). The van der Waals surface area contributed by atoms with Crippen molar-refractivity contribution in [1.82, 2.24) is 9.88 Å². The molecule has 29 heavy (non-hydrogen) atoms. The Balaban J connectivity index is 1.57. The number of amides is 2. The van der Waals surface area contributed by atoms with Crippen molar-refractivity contribution in [1.29, 1.82) is 0 Å². The highest BCUT2D eigenvalue weighted by atomic mass is 16.5. The van der Waals surface area contributed by atoms with Gasteiger partial charge in [0.15, 0.2) is 0 Å². The van der Waals surface area contributed by atoms with Gasteiger partial charge in [-0.3, -0.25) is 9.59 Å². The first-order valence-electron chi connectivity index (χ1n) is 9.71. The number of piperidine rings is 1. The van der Waals surface area contributed by atoms with Crippen LogP contribution in [-0.2, 0) is 4.79 Å². The van der Waals surface area contributed by atoms with Crippen LogP contribution < -0.4 is 10.1 Å². The maximum absolute atomic E-state index is 12.8. The molecule has 2 aromatic rings. The van der Waals surface area contributed by atoms with Gasteiger partial charge in [0.2, 0.25) is 5.91 Å². The van der Waals surface area contributed by atoms with Gasteiger partial charge in [0.05, 0.1) is 0 Å². The number of aromatic nitrogens is 1. The number of hydrogen-bond donors (Lipinski definition) is 2. The number of carbonyl (C=O) groups is 2. The topological polar surface area (TPSA) is 91.8 Å². The third-order valence-electron chi connectivity index (χ3n) is 5.28. The number of hydrogen-bond acceptors (Lipinski definition) is 5. The average Bonchev–Trinajstić information content (AvgIpc) is 2.69. The zero-order valence-electron chi connectivity index (χ0n) is 17.1. The van der Waals surface area contributed by atoms with Crippen molar-refractivity contribution in [2.45, 2.75) is 39.2 Å². The van der Waals surface area contributed by atoms with Crippen molar-refractivity contribution in [2.24, 2.45) is 0 Å². The number of rotatable bonds is 5. The normalized spacial score (nSPS) is 15.7. The van der Waals surface area contributed by atoms with Gasteiger partial charge in [-0.15, -0.1) is 0 Å². The molecular weight excluding hydrogens is 370 g/mol. The first-order valence-corrected chi connectivity index (χ1v) is 9.71. The lowest BCUT2D eigenvalue weighted by Crippen LogP contribution is -2.49. The van der Waals surface area contributed by atoms with Crippen LogP contribution in [0.4, 0.5) is 5.82 Å². The van der Waals surface area contributed by atoms with Crippen LogP contribution in [0.2, 0.25) is 0 Å². The molecular formula is C22H27N3O4. The molecule has 0 saturated carbocycles. The largest absolute Gasteiger partial charge is 0.491 e. The van der Waals surface area contributed by atoms with Crippen LogP contribution in [0.25, 0.3) is 0 Å². The van der Waals surface area contributed by atoms with Crippen LogP contribution in [0.5, 0.6) is 5.75 Å². The molecule has 1 aliphatic heterocycles. The molecule has 0 atom stereocenters. The zero-order chi connectivity index (χ0) is 21.0. The second-order valence-electron chi connectivity index (χ2n) is 7.66. The maximum Gasteiger partial charge on any atom is 0.254 e. The van der Waals surface area contributed by atoms with Crippen molar-refractivity contribution < 1.29 is 19.4 Å². The van der Waals surface area contributed by atoms with Crippen molar-refractivity contribution in [2.75, 3.05) is 25.0 Å². The smallest absolute Gasteiger partial charge is 0.254 e. The Hall–Kier alpha value is -2.93. The van der Waals surface area contributed by atoms with Gasteiger partial charge in [-0.2, -0.15) is 0 Å². The van der Waals surface area contributed by atoms with Crippen molar-refractivity contribution >= 4 is 17.6 Å². The molecule has 7 heteroatoms. The molecule has 0 unspecified atom stereocenters. The van der Waals surface area contributed by atoms with Gasteiger partial charge in [-0.25, -0.2) is 4.98 Å². The number of benzene rings is 1. The fourth-order valence-corrected chi connectivity index (χ4v) is 3.29. The van der Waals surface area contributed by atoms with Gasteiger partial charge in [-0.1, -0.05) is 6.07 Å². The number of ether oxygens (including phenoxy) is 1. The SMILES string of the molecule is CC(=O)Nc1cc(C(=O)N2CCC(O)(COc3ccc(C)c(C)c3)CC2)ccn1. The van der Waals surface area contributed by atoms with Crippen LogP contribution in [0.15, 0.2) is 36.5 Å². The van der Waals surface area contributed by atoms with E-state index >= 15 is 0 Å². The van der Waals surface area contributed by atoms with Gasteiger partial charge in [0.25, 0.3) is 5.91 Å². The van der Waals surface area contributed by atoms with Crippen LogP contribution in [0.3, 0.4) is 0 Å². The van der Waals surface area contributed by atoms with E-state index in [1.165, 1.54) is 18.7 Å². The number of likely N-dealkylation sites (tertiary alicyclic amines) is 1. The predicted molar refractivity (Wildman–Crippen MR) is 110 cm³/mol. The third kappa shape index (κ3) is 5.32. The quantitative estimate of drug-likeness (QED) is 0.809. The first kappa shape index (κ1) is 20.8. The molecule has 2 heterocycles. The molecule has 1 aromatic carbocycles. The Labute approximate surface area is 170 Å². The van der Waals surface area contributed by atoms with Crippen LogP contribution in [-0.4, -0.2) is 52.1 Å². The molecule has 0 spiro atoms. The number of aryl methyl sites for hydroxylation is 2. The molecule has 3 rings (SSSR count). The minimum atomic E-state index is -0.963. The van der Waals surface area contributed by atoms with Gasteiger partial charge in [0, 0.05) is 31.8 Å². The maximum atomic E-state index is 12.8. The molecule has 1 fully saturated rings. The molecule has 7 nitrogen and oxygen atoms in total. The summed E-state index contributed by atoms with van der Waals surface area (Å²) in [5.74, 6) is 0.700. The van der Waals surface area contributed by atoms with E-state index in [-0.39, 0.29) is 18.4 Å². The van der Waals surface area contributed by atoms with Gasteiger partial charge < -0.3 is 20.1 Å². The predicted octanol–water partition coefficient (Wildman–Crippen LogP) is 2.70. The summed E-state index contributed by atoms with van der Waals surface area (Å²) in [5.41, 5.74) is 1.84. The summed E-state index contributed by atoms with van der Waals surface area (Å²) in [6.07, 6.45) is 2.37. The van der Waals surface area contributed by atoms with E-state index < -0.39 is 5.60 Å². The molecule has 2 amide bonds. The third-order valence-corrected chi connectivity index (χ3v) is 5.28. The second kappa shape index (κ2) is 8.61. The van der Waals surface area contributed by atoms with Crippen molar-refractivity contribution in [3.8, 4) is 5.75 Å². The number of nitrogens with zero attached hydrogens (tertiary/aromatic N) is 2. The van der Waals surface area contributed by atoms with E-state index in [1.807, 2.05) is 32.0 Å². The lowest BCUT2D eigenvalue weighted by molar-refractivity contribution is -0.114. The number of anilines is 1. The lowest BCUT2D eigenvalue weighted by Gasteiger charge is -2.38. The monoisotopic (exact) mass is 397 g/mol. The van der Waals surface area contributed by atoms with Crippen LogP contribution in [0, 0.1) is 13.8 Å². The fraction of sp³-hybridized carbons (Fsp3) is 0.409. The van der Waals surface area contributed by atoms with E-state index in [4.69, 9.17) is 4.74 Å². The zero-order valence-corrected chi connectivity index (χ0v) is 17.1. The van der Waals surface area contributed by atoms with Crippen molar-refractivity contribution in [3.63, 3.8) is 0 Å². The lowest BCUT2D eigenvalue weighted by atomic mass is 9.92. The minimum absolute atomic E-state index is 0.142. The summed E-state index contributed by atoms with van der Waals surface area (Å²) in [6.45, 7) is 6.52. The molecule has 2 N–H and O–H groups in total. The Bertz CT molecular complexity index is 905. The fourth-order valence-electron chi connectivity index (χ4n) is 3.29. The highest BCUT2D eigenvalue weighted by molar-refractivity contribution is 5.96. The molecule has 1 saturated heterocycles. The second-order valence-corrected chi connectivity index (χ2v) is 7.66. The van der Waals surface area contributed by atoms with E-state index in [2.05, 4.69) is 10.3 Å². The molecule has 0 aliphatic carbocycles. The molecule has 0 radical (unpaired) electrons. The van der Waals surface area contributed by atoms with Gasteiger partial charge in [0.1, 0.15) is 23.8 Å². The van der Waals surface area contributed by atoms with Crippen LogP contribution in [0.1, 0.15) is 41.3 Å². The summed E-state index contributed by atoms with van der Waals surface area (Å²) < 4.78 is 5.82. The Morgan fingerprint density at radius 3 is 2.55 bits per heavy atom. The Morgan fingerprint density at radius 1 is 1.17 bits per heavy atom. The van der Waals surface area contributed by atoms with E-state index in [0.29, 0.717) is 37.3 Å². The summed E-state index contributed by atoms with van der Waals surface area (Å²) in [6, 6.07) is 9.05. The highest BCUT2D eigenvalue weighted by Crippen LogP contribution is 2.26. The minimum Gasteiger partial charge on any atom is -0.491 e. The van der Waals surface area contributed by atoms with E-state index in [0.717, 1.165) is 11.3 Å². The van der Waals surface area contributed by atoms with Gasteiger partial charge in [-0.05, 0) is 62.1 Å². The molecule has 154 valence electrons. The Kier molecular flexibility index (Phi) is 6.17. The number of pyridine rings is 1. The Morgan fingerprint density at radius 2 is 1.90 bits per heavy atom. The van der Waals surface area contributed by atoms with E-state index in [9.17, 15) is 14.7 Å². The molecule has 1 aliphatic rings. The number of nitrogens with one attached hydrogen (secondary N) is 1. The summed E-state index contributed by atoms with van der Waals surface area (Å²) in [7, 11) is 0. The summed E-state index contributed by atoms with van der Waals surface area (Å²) in [5, 5.41) is 13.4. The van der Waals surface area contributed by atoms with Crippen molar-refractivity contribution in [3.05, 3.63) is 53.2 Å². The molecule has 1 aromatic heterocycles. The summed E-state index contributed by atoms with van der Waals surface area (Å²) >= 11 is 0.